The van der Waals surface area contributed by atoms with Gasteiger partial charge in [0.15, 0.2) is 0 Å². The molecule has 3 amide bonds. The third-order valence-electron chi connectivity index (χ3n) is 12.2. The Morgan fingerprint density at radius 1 is 1.02 bits per heavy atom. The fourth-order valence-electron chi connectivity index (χ4n) is 8.77. The van der Waals surface area contributed by atoms with Crippen LogP contribution in [0.2, 0.25) is 0 Å². The predicted octanol–water partition coefficient (Wildman–Crippen LogP) is 2.54. The van der Waals surface area contributed by atoms with Gasteiger partial charge in [-0.2, -0.15) is 0 Å². The summed E-state index contributed by atoms with van der Waals surface area (Å²) in [6, 6.07) is 4.74. The second kappa shape index (κ2) is 19.6. The molecule has 1 aromatic carbocycles. The van der Waals surface area contributed by atoms with E-state index in [2.05, 4.69) is 52.8 Å². The summed E-state index contributed by atoms with van der Waals surface area (Å²) in [4.78, 5) is 62.3. The number of amidine groups is 1. The van der Waals surface area contributed by atoms with Crippen LogP contribution in [0.4, 0.5) is 8.78 Å². The van der Waals surface area contributed by atoms with Crippen LogP contribution >= 0.6 is 0 Å². The number of para-hydroxylation sites is 1. The number of nitrogens with one attached hydrogen (secondary N) is 6. The van der Waals surface area contributed by atoms with Crippen molar-refractivity contribution in [2.45, 2.75) is 76.3 Å². The average Bonchev–Trinajstić information content (AvgIpc) is 3.52. The van der Waals surface area contributed by atoms with E-state index in [0.717, 1.165) is 97.0 Å². The van der Waals surface area contributed by atoms with Crippen molar-refractivity contribution in [3.8, 4) is 11.8 Å². The van der Waals surface area contributed by atoms with Crippen LogP contribution in [-0.2, 0) is 21.4 Å². The largest absolute Gasteiger partial charge is 0.386 e. The summed E-state index contributed by atoms with van der Waals surface area (Å²) in [5.74, 6) is 6.22. The number of nitrogens with zero attached hydrogens (tertiary/aromatic N) is 6. The van der Waals surface area contributed by atoms with Crippen molar-refractivity contribution in [3.05, 3.63) is 69.8 Å². The maximum absolute atomic E-state index is 13.8. The van der Waals surface area contributed by atoms with Crippen molar-refractivity contribution < 1.29 is 23.2 Å². The van der Waals surface area contributed by atoms with Gasteiger partial charge < -0.3 is 31.2 Å². The third kappa shape index (κ3) is 10.2. The highest BCUT2D eigenvalue weighted by Gasteiger charge is 2.32. The Kier molecular flexibility index (Phi) is 13.9. The molecule has 1 unspecified atom stereocenters. The molecule has 5 aliphatic rings. The Hall–Kier alpha value is -5.93. The first kappa shape index (κ1) is 43.2. The number of piperidine rings is 2. The lowest BCUT2D eigenvalue weighted by molar-refractivity contribution is -0.135. The number of likely N-dealkylation sites (tertiary alicyclic amines) is 1. The number of amides is 3. The summed E-state index contributed by atoms with van der Waals surface area (Å²) in [7, 11) is 1.67. The molecule has 18 heteroatoms. The van der Waals surface area contributed by atoms with Crippen molar-refractivity contribution in [1.82, 2.24) is 45.1 Å². The molecule has 0 bridgehead atoms. The van der Waals surface area contributed by atoms with Crippen molar-refractivity contribution >= 4 is 46.5 Å². The highest BCUT2D eigenvalue weighted by Crippen LogP contribution is 2.27. The molecule has 1 atom stereocenters. The zero-order valence-corrected chi connectivity index (χ0v) is 34.4. The number of halogens is 2. The fourth-order valence-corrected chi connectivity index (χ4v) is 8.77. The number of fused-ring (bicyclic) bond motifs is 1. The summed E-state index contributed by atoms with van der Waals surface area (Å²) in [5.41, 5.74) is 0.142. The molecule has 4 fully saturated rings. The van der Waals surface area contributed by atoms with Gasteiger partial charge >= 0.3 is 5.69 Å². The number of imide groups is 1. The van der Waals surface area contributed by atoms with E-state index in [0.29, 0.717) is 34.9 Å². The SMILES string of the molecule is Cn1c(=O)n(C2CCC(=O)NC2=O)c2cccc(C#CCN3CCN(C[C@H]4CC[C@H](N/C=C(/NC(=O)/C(C=N)=C5\N=C(N6CCCCC6)C=CN5)C(=N)C(F)F)CC4)CC3)c21. The molecule has 0 radical (unpaired) electrons. The smallest absolute Gasteiger partial charge is 0.329 e. The standard InChI is InChI=1S/C43H54F2N12O4/c1-53-38-29(7-5-9-33(38)57(43(53)61)34-14-15-36(58)52-42(34)60)8-6-18-54-21-23-55(24-22-54)27-28-10-12-30(13-11-28)49-26-32(37(47)39(44)45)50-41(59)31(25-46)40-48-17-16-35(51-40)56-19-3-2-4-20-56/h5,7,9,16-17,25-26,28,30,34,39,46-49H,2-4,10-15,18-24,27H2,1H3,(H,50,59)(H,52,58,60)/b32-26+,40-31-,46-25?,47-37?/t28-,30-,34?. The number of aryl methyl sites for hydroxylation is 1. The number of alkyl halides is 2. The Morgan fingerprint density at radius 2 is 1.75 bits per heavy atom. The molecule has 0 spiro atoms. The van der Waals surface area contributed by atoms with Gasteiger partial charge in [-0.05, 0) is 75.5 Å². The lowest BCUT2D eigenvalue weighted by Gasteiger charge is -2.37. The summed E-state index contributed by atoms with van der Waals surface area (Å²) in [5, 5.41) is 26.8. The Morgan fingerprint density at radius 3 is 2.46 bits per heavy atom. The maximum atomic E-state index is 13.8. The first-order chi connectivity index (χ1) is 29.5. The zero-order chi connectivity index (χ0) is 43.0. The van der Waals surface area contributed by atoms with E-state index in [4.69, 9.17) is 10.8 Å². The van der Waals surface area contributed by atoms with Gasteiger partial charge in [0, 0.05) is 83.9 Å². The molecule has 3 saturated heterocycles. The zero-order valence-electron chi connectivity index (χ0n) is 34.4. The third-order valence-corrected chi connectivity index (χ3v) is 12.2. The van der Waals surface area contributed by atoms with Gasteiger partial charge in [-0.3, -0.25) is 39.1 Å². The number of aromatic nitrogens is 2. The van der Waals surface area contributed by atoms with Crippen LogP contribution in [0.25, 0.3) is 11.0 Å². The molecule has 1 aromatic heterocycles. The van der Waals surface area contributed by atoms with E-state index >= 15 is 0 Å². The van der Waals surface area contributed by atoms with Gasteiger partial charge in [-0.15, -0.1) is 0 Å². The number of aliphatic imine (C=N–C) groups is 1. The molecule has 4 aliphatic heterocycles. The van der Waals surface area contributed by atoms with Gasteiger partial charge in [-0.1, -0.05) is 17.9 Å². The highest BCUT2D eigenvalue weighted by atomic mass is 19.3. The Labute approximate surface area is 353 Å². The van der Waals surface area contributed by atoms with Crippen molar-refractivity contribution in [1.29, 1.82) is 10.8 Å². The molecule has 16 nitrogen and oxygen atoms in total. The lowest BCUT2D eigenvalue weighted by Crippen LogP contribution is -2.48. The van der Waals surface area contributed by atoms with Crippen LogP contribution in [0.5, 0.6) is 0 Å². The van der Waals surface area contributed by atoms with Gasteiger partial charge in [-0.25, -0.2) is 18.6 Å². The number of benzene rings is 1. The molecule has 324 valence electrons. The summed E-state index contributed by atoms with van der Waals surface area (Å²) in [6.45, 7) is 6.76. The van der Waals surface area contributed by atoms with Crippen molar-refractivity contribution in [2.75, 3.05) is 52.4 Å². The summed E-state index contributed by atoms with van der Waals surface area (Å²) >= 11 is 0. The maximum Gasteiger partial charge on any atom is 0.329 e. The van der Waals surface area contributed by atoms with E-state index in [1.807, 2.05) is 12.1 Å². The summed E-state index contributed by atoms with van der Waals surface area (Å²) in [6.07, 6.45) is 9.65. The van der Waals surface area contributed by atoms with Crippen LogP contribution in [0.15, 0.2) is 63.6 Å². The van der Waals surface area contributed by atoms with Crippen LogP contribution in [0, 0.1) is 28.6 Å². The molecule has 1 aliphatic carbocycles. The van der Waals surface area contributed by atoms with Gasteiger partial charge in [0.25, 0.3) is 12.3 Å². The van der Waals surface area contributed by atoms with Crippen LogP contribution in [0.1, 0.15) is 69.4 Å². The predicted molar refractivity (Wildman–Crippen MR) is 228 cm³/mol. The number of rotatable bonds is 11. The minimum atomic E-state index is -3.11. The molecular formula is C43H54F2N12O4. The highest BCUT2D eigenvalue weighted by molar-refractivity contribution is 6.15. The van der Waals surface area contributed by atoms with Gasteiger partial charge in [0.2, 0.25) is 11.8 Å². The van der Waals surface area contributed by atoms with Gasteiger partial charge in [0.05, 0.1) is 34.4 Å². The van der Waals surface area contributed by atoms with Gasteiger partial charge in [0.1, 0.15) is 23.4 Å². The lowest BCUT2D eigenvalue weighted by atomic mass is 9.85. The van der Waals surface area contributed by atoms with Crippen molar-refractivity contribution in [3.63, 3.8) is 0 Å². The normalized spacial score (nSPS) is 23.7. The second-order valence-electron chi connectivity index (χ2n) is 16.2. The molecule has 1 saturated carbocycles. The quantitative estimate of drug-likeness (QED) is 0.0854. The number of carbonyl (C=O) groups excluding carboxylic acids is 3. The molecular weight excluding hydrogens is 787 g/mol. The van der Waals surface area contributed by atoms with E-state index in [1.54, 1.807) is 25.4 Å². The number of hydrogen-bond donors (Lipinski definition) is 6. The Balaban J connectivity index is 0.882. The first-order valence-electron chi connectivity index (χ1n) is 21.1. The van der Waals surface area contributed by atoms with Crippen LogP contribution < -0.4 is 27.0 Å². The average molecular weight is 841 g/mol. The molecule has 2 aromatic rings. The molecule has 6 N–H and O–H groups in total. The van der Waals surface area contributed by atoms with E-state index in [-0.39, 0.29) is 47.6 Å². The van der Waals surface area contributed by atoms with Crippen LogP contribution in [0.3, 0.4) is 0 Å². The van der Waals surface area contributed by atoms with E-state index in [1.165, 1.54) is 15.3 Å². The number of imidazole rings is 1. The number of carbonyl (C=O) groups is 3. The number of piperazine rings is 1. The second-order valence-corrected chi connectivity index (χ2v) is 16.2. The summed E-state index contributed by atoms with van der Waals surface area (Å²) < 4.78 is 30.5. The van der Waals surface area contributed by atoms with Crippen molar-refractivity contribution in [2.24, 2.45) is 18.0 Å². The van der Waals surface area contributed by atoms with E-state index in [9.17, 15) is 28.0 Å². The Bertz CT molecular complexity index is 2280. The van der Waals surface area contributed by atoms with E-state index < -0.39 is 30.0 Å². The van der Waals surface area contributed by atoms with Crippen LogP contribution in [-0.4, -0.2) is 124 Å². The first-order valence-corrected chi connectivity index (χ1v) is 21.1. The monoisotopic (exact) mass is 840 g/mol. The topological polar surface area (TPSA) is 196 Å². The molecule has 5 heterocycles. The minimum absolute atomic E-state index is 0.00397. The minimum Gasteiger partial charge on any atom is -0.386 e. The number of hydrogen-bond acceptors (Lipinski definition) is 12. The molecule has 7 rings (SSSR count). The fraction of sp³-hybridized carbons (Fsp3) is 0.512. The molecule has 61 heavy (non-hydrogen) atoms. The number of allylic oxidation sites excluding steroid dienone is 1.